The van der Waals surface area contributed by atoms with E-state index in [-0.39, 0.29) is 35.7 Å². The number of rotatable bonds is 8. The normalized spacial score (nSPS) is 14.6. The Hall–Kier alpha value is -5.57. The molecule has 0 spiro atoms. The molecule has 1 unspecified atom stereocenters. The van der Waals surface area contributed by atoms with E-state index in [2.05, 4.69) is 10.6 Å². The van der Waals surface area contributed by atoms with Crippen LogP contribution in [0.1, 0.15) is 46.2 Å². The van der Waals surface area contributed by atoms with E-state index in [4.69, 9.17) is 9.84 Å². The number of nitrogens with one attached hydrogen (secondary N) is 2. The largest absolute Gasteiger partial charge is 0.508 e. The average molecular weight is 561 g/mol. The SMILES string of the molecule is C[C@H](Oc1cccc(-c2nn(CC(=O)Nc3cccc(O)c3)c3c2C(c2ccc(O)cc2)NC3=O)c1)c1ccccc1. The maximum atomic E-state index is 13.3. The minimum absolute atomic E-state index is 0.0230. The van der Waals surface area contributed by atoms with Gasteiger partial charge in [-0.15, -0.1) is 0 Å². The lowest BCUT2D eigenvalue weighted by atomic mass is 9.96. The number of anilines is 1. The monoisotopic (exact) mass is 560 g/mol. The van der Waals surface area contributed by atoms with Crippen LogP contribution < -0.4 is 15.4 Å². The molecule has 2 atom stereocenters. The Kier molecular flexibility index (Phi) is 7.06. The second-order valence-electron chi connectivity index (χ2n) is 10.1. The molecule has 2 amide bonds. The molecule has 1 aliphatic heterocycles. The van der Waals surface area contributed by atoms with E-state index in [1.165, 1.54) is 16.8 Å². The van der Waals surface area contributed by atoms with Gasteiger partial charge in [0.15, 0.2) is 0 Å². The zero-order valence-electron chi connectivity index (χ0n) is 22.7. The Balaban J connectivity index is 1.38. The van der Waals surface area contributed by atoms with Crippen LogP contribution in [0.25, 0.3) is 11.3 Å². The molecule has 0 saturated heterocycles. The number of phenolic OH excluding ortho intramolecular Hbond substituents is 2. The van der Waals surface area contributed by atoms with Gasteiger partial charge >= 0.3 is 0 Å². The lowest BCUT2D eigenvalue weighted by Crippen LogP contribution is -2.25. The molecule has 9 heteroatoms. The van der Waals surface area contributed by atoms with Gasteiger partial charge in [0, 0.05) is 22.9 Å². The zero-order valence-corrected chi connectivity index (χ0v) is 22.7. The Morgan fingerprint density at radius 1 is 0.952 bits per heavy atom. The Labute approximate surface area is 242 Å². The van der Waals surface area contributed by atoms with Crippen LogP contribution in [0.4, 0.5) is 5.69 Å². The van der Waals surface area contributed by atoms with Crippen molar-refractivity contribution in [2.24, 2.45) is 0 Å². The minimum Gasteiger partial charge on any atom is -0.508 e. The lowest BCUT2D eigenvalue weighted by molar-refractivity contribution is -0.116. The van der Waals surface area contributed by atoms with Crippen molar-refractivity contribution in [3.05, 3.63) is 126 Å². The molecule has 6 rings (SSSR count). The molecule has 9 nitrogen and oxygen atoms in total. The van der Waals surface area contributed by atoms with Gasteiger partial charge < -0.3 is 25.6 Å². The van der Waals surface area contributed by atoms with Crippen LogP contribution >= 0.6 is 0 Å². The fraction of sp³-hybridized carbons (Fsp3) is 0.121. The van der Waals surface area contributed by atoms with Crippen LogP contribution in [0, 0.1) is 0 Å². The highest BCUT2D eigenvalue weighted by Gasteiger charge is 2.38. The molecule has 0 radical (unpaired) electrons. The topological polar surface area (TPSA) is 126 Å². The number of phenols is 2. The van der Waals surface area contributed by atoms with Crippen molar-refractivity contribution < 1.29 is 24.5 Å². The smallest absolute Gasteiger partial charge is 0.270 e. The Morgan fingerprint density at radius 2 is 1.71 bits per heavy atom. The molecule has 4 aromatic carbocycles. The zero-order chi connectivity index (χ0) is 29.2. The molecule has 0 saturated carbocycles. The number of aromatic hydroxyl groups is 2. The van der Waals surface area contributed by atoms with Crippen LogP contribution in [-0.2, 0) is 11.3 Å². The molecule has 5 aromatic rings. The summed E-state index contributed by atoms with van der Waals surface area (Å²) in [6, 6.07) is 29.7. The summed E-state index contributed by atoms with van der Waals surface area (Å²) in [5.74, 6) is -0.00785. The summed E-state index contributed by atoms with van der Waals surface area (Å²) in [7, 11) is 0. The third kappa shape index (κ3) is 5.40. The molecule has 4 N–H and O–H groups in total. The molecule has 0 bridgehead atoms. The van der Waals surface area contributed by atoms with Gasteiger partial charge in [0.25, 0.3) is 5.91 Å². The molecule has 1 aromatic heterocycles. The third-order valence-electron chi connectivity index (χ3n) is 7.11. The highest BCUT2D eigenvalue weighted by atomic mass is 16.5. The number of carbonyl (C=O) groups excluding carboxylic acids is 2. The second-order valence-corrected chi connectivity index (χ2v) is 10.1. The summed E-state index contributed by atoms with van der Waals surface area (Å²) in [5.41, 5.74) is 4.37. The molecular weight excluding hydrogens is 532 g/mol. The summed E-state index contributed by atoms with van der Waals surface area (Å²) >= 11 is 0. The molecular formula is C33H28N4O5. The van der Waals surface area contributed by atoms with E-state index in [0.717, 1.165) is 16.7 Å². The number of hydrogen-bond donors (Lipinski definition) is 4. The van der Waals surface area contributed by atoms with Crippen molar-refractivity contribution in [3.8, 4) is 28.5 Å². The Bertz CT molecular complexity index is 1770. The van der Waals surface area contributed by atoms with Gasteiger partial charge in [0.05, 0.1) is 11.7 Å². The first-order valence-electron chi connectivity index (χ1n) is 13.5. The summed E-state index contributed by atoms with van der Waals surface area (Å²) in [6.07, 6.45) is -0.196. The summed E-state index contributed by atoms with van der Waals surface area (Å²) in [5, 5.41) is 30.1. The number of benzene rings is 4. The highest BCUT2D eigenvalue weighted by molar-refractivity contribution is 6.01. The van der Waals surface area contributed by atoms with E-state index in [0.29, 0.717) is 22.7 Å². The average Bonchev–Trinajstić information content (AvgIpc) is 3.52. The van der Waals surface area contributed by atoms with Gasteiger partial charge in [-0.05, 0) is 54.4 Å². The standard InChI is InChI=1S/C33H28N4O5/c1-20(21-7-3-2-4-8-21)42-27-12-5-9-23(17-27)31-29-30(22-13-15-25(38)16-14-22)35-33(41)32(29)37(36-31)19-28(40)34-24-10-6-11-26(39)18-24/h2-18,20,30,38-39H,19H2,1H3,(H,34,40)(H,35,41)/t20-,30?/m0/s1. The number of carbonyl (C=O) groups is 2. The number of ether oxygens (including phenoxy) is 1. The van der Waals surface area contributed by atoms with Crippen molar-refractivity contribution in [1.82, 2.24) is 15.1 Å². The fourth-order valence-corrected chi connectivity index (χ4v) is 5.14. The van der Waals surface area contributed by atoms with E-state index < -0.39 is 11.9 Å². The van der Waals surface area contributed by atoms with Crippen molar-refractivity contribution >= 4 is 17.5 Å². The van der Waals surface area contributed by atoms with Gasteiger partial charge in [0.2, 0.25) is 5.91 Å². The predicted octanol–water partition coefficient (Wildman–Crippen LogP) is 5.57. The molecule has 0 aliphatic carbocycles. The van der Waals surface area contributed by atoms with Crippen molar-refractivity contribution in [1.29, 1.82) is 0 Å². The maximum Gasteiger partial charge on any atom is 0.270 e. The van der Waals surface area contributed by atoms with Crippen LogP contribution in [0.2, 0.25) is 0 Å². The number of amides is 2. The molecule has 1 aliphatic rings. The highest BCUT2D eigenvalue weighted by Crippen LogP contribution is 2.39. The first-order valence-corrected chi connectivity index (χ1v) is 13.5. The summed E-state index contributed by atoms with van der Waals surface area (Å²) < 4.78 is 7.65. The molecule has 0 fully saturated rings. The first kappa shape index (κ1) is 26.6. The molecule has 210 valence electrons. The number of hydrogen-bond acceptors (Lipinski definition) is 6. The first-order chi connectivity index (χ1) is 20.4. The predicted molar refractivity (Wildman–Crippen MR) is 157 cm³/mol. The Morgan fingerprint density at radius 3 is 2.48 bits per heavy atom. The quantitative estimate of drug-likeness (QED) is 0.197. The fourth-order valence-electron chi connectivity index (χ4n) is 5.14. The minimum atomic E-state index is -0.543. The number of fused-ring (bicyclic) bond motifs is 1. The van der Waals surface area contributed by atoms with E-state index in [9.17, 15) is 19.8 Å². The van der Waals surface area contributed by atoms with Gasteiger partial charge in [0.1, 0.15) is 35.6 Å². The van der Waals surface area contributed by atoms with E-state index in [1.807, 2.05) is 61.5 Å². The van der Waals surface area contributed by atoms with Crippen molar-refractivity contribution in [3.63, 3.8) is 0 Å². The number of aromatic nitrogens is 2. The van der Waals surface area contributed by atoms with Crippen LogP contribution in [0.3, 0.4) is 0 Å². The maximum absolute atomic E-state index is 13.3. The van der Waals surface area contributed by atoms with E-state index >= 15 is 0 Å². The number of nitrogens with zero attached hydrogens (tertiary/aromatic N) is 2. The van der Waals surface area contributed by atoms with Crippen LogP contribution in [0.5, 0.6) is 17.2 Å². The van der Waals surface area contributed by atoms with Gasteiger partial charge in [-0.3, -0.25) is 9.59 Å². The van der Waals surface area contributed by atoms with Gasteiger partial charge in [-0.1, -0.05) is 60.7 Å². The second kappa shape index (κ2) is 11.1. The third-order valence-corrected chi connectivity index (χ3v) is 7.11. The van der Waals surface area contributed by atoms with Crippen LogP contribution in [-0.4, -0.2) is 31.8 Å². The van der Waals surface area contributed by atoms with Gasteiger partial charge in [-0.2, -0.15) is 5.10 Å². The van der Waals surface area contributed by atoms with Crippen LogP contribution in [0.15, 0.2) is 103 Å². The molecule has 2 heterocycles. The van der Waals surface area contributed by atoms with Crippen molar-refractivity contribution in [2.75, 3.05) is 5.32 Å². The van der Waals surface area contributed by atoms with E-state index in [1.54, 1.807) is 36.4 Å². The summed E-state index contributed by atoms with van der Waals surface area (Å²) in [6.45, 7) is 1.75. The lowest BCUT2D eigenvalue weighted by Gasteiger charge is -2.16. The molecule has 42 heavy (non-hydrogen) atoms. The summed E-state index contributed by atoms with van der Waals surface area (Å²) in [4.78, 5) is 26.3. The van der Waals surface area contributed by atoms with Gasteiger partial charge in [-0.25, -0.2) is 4.68 Å². The van der Waals surface area contributed by atoms with Crippen molar-refractivity contribution in [2.45, 2.75) is 25.6 Å².